The van der Waals surface area contributed by atoms with Gasteiger partial charge in [0.1, 0.15) is 24.4 Å². The summed E-state index contributed by atoms with van der Waals surface area (Å²) in [5.74, 6) is -1.05. The minimum absolute atomic E-state index is 0.522. The largest absolute Gasteiger partial charge is 0.394 e. The Morgan fingerprint density at radius 2 is 1.55 bits per heavy atom. The fourth-order valence-corrected chi connectivity index (χ4v) is 1.61. The van der Waals surface area contributed by atoms with Gasteiger partial charge in [0.25, 0.3) is 5.91 Å². The van der Waals surface area contributed by atoms with E-state index in [-0.39, 0.29) is 0 Å². The van der Waals surface area contributed by atoms with E-state index in [1.54, 1.807) is 30.3 Å². The molecule has 9 heteroatoms. The summed E-state index contributed by atoms with van der Waals surface area (Å²) in [5.41, 5.74) is 5.11. The molecule has 1 rings (SSSR count). The van der Waals surface area contributed by atoms with E-state index in [0.717, 1.165) is 0 Å². The average Bonchev–Trinajstić information content (AvgIpc) is 2.56. The van der Waals surface area contributed by atoms with Gasteiger partial charge in [-0.1, -0.05) is 18.2 Å². The number of benzene rings is 1. The first-order chi connectivity index (χ1) is 10.4. The fraction of sp³-hybridized carbons (Fsp3) is 0.462. The maximum absolute atomic E-state index is 11.6. The number of hydrazine groups is 1. The lowest BCUT2D eigenvalue weighted by Gasteiger charge is -2.28. The highest BCUT2D eigenvalue weighted by molar-refractivity contribution is 5.82. The number of para-hydroxylation sites is 1. The van der Waals surface area contributed by atoms with E-state index in [1.807, 2.05) is 0 Å². The predicted octanol–water partition coefficient (Wildman–Crippen LogP) is -3.07. The second-order valence-electron chi connectivity index (χ2n) is 4.65. The van der Waals surface area contributed by atoms with Crippen LogP contribution in [0.5, 0.6) is 0 Å². The van der Waals surface area contributed by atoms with Crippen molar-refractivity contribution in [3.63, 3.8) is 0 Å². The first-order valence-corrected chi connectivity index (χ1v) is 6.50. The highest BCUT2D eigenvalue weighted by Gasteiger charge is 2.37. The number of carbonyl (C=O) groups is 1. The minimum Gasteiger partial charge on any atom is -0.394 e. The average molecular weight is 316 g/mol. The highest BCUT2D eigenvalue weighted by Crippen LogP contribution is 2.09. The Balaban J connectivity index is 2.54. The van der Waals surface area contributed by atoms with Crippen LogP contribution in [0, 0.1) is 0 Å². The van der Waals surface area contributed by atoms with Crippen LogP contribution in [-0.2, 0) is 4.79 Å². The van der Waals surface area contributed by atoms with Crippen molar-refractivity contribution in [1.82, 2.24) is 5.43 Å². The molecule has 22 heavy (non-hydrogen) atoms. The predicted molar refractivity (Wildman–Crippen MR) is 75.3 cm³/mol. The van der Waals surface area contributed by atoms with Crippen molar-refractivity contribution in [2.45, 2.75) is 30.5 Å². The molecule has 8 N–H and O–H groups in total. The summed E-state index contributed by atoms with van der Waals surface area (Å²) in [7, 11) is 0. The number of amides is 1. The summed E-state index contributed by atoms with van der Waals surface area (Å²) in [6.45, 7) is -0.858. The smallest absolute Gasteiger partial charge is 0.269 e. The molecule has 0 heterocycles. The van der Waals surface area contributed by atoms with Crippen LogP contribution in [0.2, 0.25) is 0 Å². The SMILES string of the molecule is O=C(NNc1ccccc1)C(O)C(O)C(O)C(O)C(O)CO. The van der Waals surface area contributed by atoms with Crippen LogP contribution in [0.1, 0.15) is 0 Å². The van der Waals surface area contributed by atoms with E-state index >= 15 is 0 Å². The van der Waals surface area contributed by atoms with Gasteiger partial charge in [-0.25, -0.2) is 0 Å². The van der Waals surface area contributed by atoms with Crippen molar-refractivity contribution in [2.24, 2.45) is 0 Å². The molecular weight excluding hydrogens is 296 g/mol. The number of hydrogen-bond acceptors (Lipinski definition) is 8. The summed E-state index contributed by atoms with van der Waals surface area (Å²) in [5, 5.41) is 56.0. The Bertz CT molecular complexity index is 459. The molecule has 0 radical (unpaired) electrons. The van der Waals surface area contributed by atoms with Crippen LogP contribution in [0.15, 0.2) is 30.3 Å². The number of rotatable bonds is 8. The van der Waals surface area contributed by atoms with Gasteiger partial charge in [0.2, 0.25) is 0 Å². The van der Waals surface area contributed by atoms with Gasteiger partial charge in [-0.3, -0.25) is 15.6 Å². The third-order valence-corrected chi connectivity index (χ3v) is 2.98. The second-order valence-corrected chi connectivity index (χ2v) is 4.65. The van der Waals surface area contributed by atoms with Crippen molar-refractivity contribution >= 4 is 11.6 Å². The number of aliphatic hydroxyl groups is 6. The molecule has 0 aliphatic heterocycles. The second kappa shape index (κ2) is 8.63. The molecule has 0 saturated heterocycles. The van der Waals surface area contributed by atoms with Crippen LogP contribution in [0.3, 0.4) is 0 Å². The zero-order valence-corrected chi connectivity index (χ0v) is 11.6. The number of aliphatic hydroxyl groups excluding tert-OH is 6. The van der Waals surface area contributed by atoms with Gasteiger partial charge < -0.3 is 30.6 Å². The zero-order chi connectivity index (χ0) is 16.7. The number of carbonyl (C=O) groups excluding carboxylic acids is 1. The molecule has 1 aromatic rings. The van der Waals surface area contributed by atoms with Gasteiger partial charge in [-0.05, 0) is 12.1 Å². The standard InChI is InChI=1S/C13H20N2O7/c16-6-8(17)9(18)10(19)11(20)12(21)13(22)15-14-7-4-2-1-3-5-7/h1-5,8-12,14,16-21H,6H2,(H,15,22). The summed E-state index contributed by atoms with van der Waals surface area (Å²) in [6, 6.07) is 8.45. The molecule has 1 amide bonds. The van der Waals surface area contributed by atoms with Gasteiger partial charge >= 0.3 is 0 Å². The molecule has 0 aliphatic rings. The Labute approximate surface area is 126 Å². The summed E-state index contributed by atoms with van der Waals surface area (Å²) in [4.78, 5) is 11.6. The van der Waals surface area contributed by atoms with E-state index in [2.05, 4.69) is 10.9 Å². The summed E-state index contributed by atoms with van der Waals surface area (Å²) >= 11 is 0. The molecule has 0 spiro atoms. The van der Waals surface area contributed by atoms with Crippen molar-refractivity contribution in [1.29, 1.82) is 0 Å². The molecule has 0 aromatic heterocycles. The Hall–Kier alpha value is -1.75. The normalized spacial score (nSPS) is 17.9. The molecule has 1 aromatic carbocycles. The molecule has 124 valence electrons. The van der Waals surface area contributed by atoms with Crippen LogP contribution >= 0.6 is 0 Å². The molecule has 0 aliphatic carbocycles. The van der Waals surface area contributed by atoms with Gasteiger partial charge in [0.05, 0.1) is 12.3 Å². The molecule has 0 bridgehead atoms. The number of hydrogen-bond donors (Lipinski definition) is 8. The lowest BCUT2D eigenvalue weighted by molar-refractivity contribution is -0.156. The molecule has 0 saturated carbocycles. The first kappa shape index (κ1) is 18.3. The van der Waals surface area contributed by atoms with Crippen LogP contribution in [0.25, 0.3) is 0 Å². The van der Waals surface area contributed by atoms with Crippen LogP contribution in [0.4, 0.5) is 5.69 Å². The monoisotopic (exact) mass is 316 g/mol. The van der Waals surface area contributed by atoms with Crippen molar-refractivity contribution in [3.8, 4) is 0 Å². The van der Waals surface area contributed by atoms with E-state index in [1.165, 1.54) is 0 Å². The first-order valence-electron chi connectivity index (χ1n) is 6.50. The molecule has 5 atom stereocenters. The highest BCUT2D eigenvalue weighted by atomic mass is 16.4. The molecule has 0 fully saturated rings. The number of anilines is 1. The zero-order valence-electron chi connectivity index (χ0n) is 11.6. The van der Waals surface area contributed by atoms with Gasteiger partial charge in [0, 0.05) is 0 Å². The summed E-state index contributed by atoms with van der Waals surface area (Å²) < 4.78 is 0. The Morgan fingerprint density at radius 1 is 0.955 bits per heavy atom. The van der Waals surface area contributed by atoms with Crippen LogP contribution < -0.4 is 10.9 Å². The minimum atomic E-state index is -2.06. The van der Waals surface area contributed by atoms with E-state index in [9.17, 15) is 25.2 Å². The molecular formula is C13H20N2O7. The lowest BCUT2D eigenvalue weighted by Crippen LogP contribution is -2.54. The number of nitrogens with one attached hydrogen (secondary N) is 2. The molecule has 9 nitrogen and oxygen atoms in total. The third kappa shape index (κ3) is 4.91. The van der Waals surface area contributed by atoms with E-state index in [0.29, 0.717) is 5.69 Å². The van der Waals surface area contributed by atoms with Crippen molar-refractivity contribution in [3.05, 3.63) is 30.3 Å². The van der Waals surface area contributed by atoms with E-state index in [4.69, 9.17) is 10.2 Å². The Kier molecular flexibility index (Phi) is 7.18. The quantitative estimate of drug-likeness (QED) is 0.234. The van der Waals surface area contributed by atoms with Gasteiger partial charge in [0.15, 0.2) is 6.10 Å². The summed E-state index contributed by atoms with van der Waals surface area (Å²) in [6.07, 6.45) is -9.80. The topological polar surface area (TPSA) is 163 Å². The fourth-order valence-electron chi connectivity index (χ4n) is 1.61. The van der Waals surface area contributed by atoms with E-state index < -0.39 is 43.0 Å². The van der Waals surface area contributed by atoms with Gasteiger partial charge in [-0.2, -0.15) is 0 Å². The maximum Gasteiger partial charge on any atom is 0.269 e. The Morgan fingerprint density at radius 3 is 2.09 bits per heavy atom. The third-order valence-electron chi connectivity index (χ3n) is 2.98. The van der Waals surface area contributed by atoms with Gasteiger partial charge in [-0.15, -0.1) is 0 Å². The van der Waals surface area contributed by atoms with Crippen LogP contribution in [-0.4, -0.2) is 73.7 Å². The van der Waals surface area contributed by atoms with Crippen molar-refractivity contribution in [2.75, 3.05) is 12.0 Å². The molecule has 5 unspecified atom stereocenters. The van der Waals surface area contributed by atoms with Crippen molar-refractivity contribution < 1.29 is 35.4 Å². The lowest BCUT2D eigenvalue weighted by atomic mass is 9.99. The maximum atomic E-state index is 11.6.